The molecule has 1 saturated carbocycles. The van der Waals surface area contributed by atoms with E-state index in [1.165, 1.54) is 16.7 Å². The lowest BCUT2D eigenvalue weighted by atomic mass is 10.2. The van der Waals surface area contributed by atoms with E-state index in [4.69, 9.17) is 0 Å². The number of hydrogen-bond donors (Lipinski definition) is 0. The van der Waals surface area contributed by atoms with Gasteiger partial charge in [0.1, 0.15) is 12.4 Å². The number of carbonyl (C=O) groups excluding carboxylic acids is 1. The first-order valence-corrected chi connectivity index (χ1v) is 9.83. The van der Waals surface area contributed by atoms with Gasteiger partial charge < -0.3 is 9.47 Å². The fraction of sp³-hybridized carbons (Fsp3) is 0.300. The zero-order valence-corrected chi connectivity index (χ0v) is 15.7. The number of aromatic nitrogens is 2. The number of hydrogen-bond acceptors (Lipinski definition) is 3. The van der Waals surface area contributed by atoms with Gasteiger partial charge in [0.15, 0.2) is 5.16 Å². The topological polar surface area (TPSA) is 38.1 Å². The number of para-hydroxylation sites is 2. The molecule has 0 aliphatic heterocycles. The van der Waals surface area contributed by atoms with Crippen molar-refractivity contribution in [1.29, 1.82) is 0 Å². The van der Waals surface area contributed by atoms with Crippen molar-refractivity contribution in [2.24, 2.45) is 0 Å². The van der Waals surface area contributed by atoms with E-state index in [9.17, 15) is 18.0 Å². The number of nitrogens with zero attached hydrogens (tertiary/aromatic N) is 3. The molecule has 1 amide bonds. The summed E-state index contributed by atoms with van der Waals surface area (Å²) in [5.74, 6) is -3.17. The lowest BCUT2D eigenvalue weighted by Gasteiger charge is -2.23. The summed E-state index contributed by atoms with van der Waals surface area (Å²) in [6, 6.07) is 13.3. The Balaban J connectivity index is 1.61. The maximum absolute atomic E-state index is 13.5. The summed E-state index contributed by atoms with van der Waals surface area (Å²) in [4.78, 5) is 19.0. The minimum Gasteiger partial charge on any atom is -0.334 e. The molecule has 1 aliphatic carbocycles. The number of benzene rings is 2. The summed E-state index contributed by atoms with van der Waals surface area (Å²) < 4.78 is 41.0. The highest BCUT2D eigenvalue weighted by atomic mass is 32.2. The van der Waals surface area contributed by atoms with Crippen LogP contribution in [-0.4, -0.2) is 32.2 Å². The molecular formula is C20H18F3N3OS. The van der Waals surface area contributed by atoms with Gasteiger partial charge in [-0.25, -0.2) is 9.37 Å². The number of carbonyl (C=O) groups is 1. The molecule has 8 heteroatoms. The Kier molecular flexibility index (Phi) is 5.30. The Hall–Kier alpha value is -2.48. The number of fused-ring (bicyclic) bond motifs is 1. The molecule has 0 saturated heterocycles. The number of halogens is 3. The smallest absolute Gasteiger partial charge is 0.291 e. The van der Waals surface area contributed by atoms with Gasteiger partial charge in [0.25, 0.3) is 5.76 Å². The molecule has 1 fully saturated rings. The highest BCUT2D eigenvalue weighted by Crippen LogP contribution is 2.31. The quantitative estimate of drug-likeness (QED) is 0.536. The van der Waals surface area contributed by atoms with Gasteiger partial charge in [0, 0.05) is 12.6 Å². The fourth-order valence-corrected chi connectivity index (χ4v) is 3.84. The van der Waals surface area contributed by atoms with Crippen molar-refractivity contribution in [2.75, 3.05) is 0 Å². The SMILES string of the molecule is O=C(Cn1c(SC(F)F)nc2ccccc21)N(Cc1cccc(F)c1)C1CC1. The van der Waals surface area contributed by atoms with Crippen molar-refractivity contribution in [3.8, 4) is 0 Å². The average molecular weight is 405 g/mol. The molecule has 4 nitrogen and oxygen atoms in total. The molecule has 0 unspecified atom stereocenters. The molecule has 0 atom stereocenters. The summed E-state index contributed by atoms with van der Waals surface area (Å²) in [5, 5.41) is 0.117. The number of thioether (sulfide) groups is 1. The molecular weight excluding hydrogens is 387 g/mol. The standard InChI is InChI=1S/C20H18F3N3OS/c21-14-5-3-4-13(10-14)11-25(15-8-9-15)18(27)12-26-17-7-2-1-6-16(17)24-20(26)28-19(22)23/h1-7,10,15,19H,8-9,11-12H2. The van der Waals surface area contributed by atoms with Gasteiger partial charge in [0.2, 0.25) is 5.91 Å². The van der Waals surface area contributed by atoms with Crippen LogP contribution in [0.4, 0.5) is 13.2 Å². The molecule has 0 spiro atoms. The van der Waals surface area contributed by atoms with Crippen LogP contribution in [0.15, 0.2) is 53.7 Å². The van der Waals surface area contributed by atoms with E-state index < -0.39 is 5.76 Å². The Morgan fingerprint density at radius 1 is 1.21 bits per heavy atom. The van der Waals surface area contributed by atoms with Gasteiger partial charge in [0.05, 0.1) is 11.0 Å². The molecule has 3 aromatic rings. The lowest BCUT2D eigenvalue weighted by Crippen LogP contribution is -2.35. The van der Waals surface area contributed by atoms with Crippen LogP contribution in [0.2, 0.25) is 0 Å². The van der Waals surface area contributed by atoms with Crippen molar-refractivity contribution < 1.29 is 18.0 Å². The van der Waals surface area contributed by atoms with Crippen LogP contribution in [0.3, 0.4) is 0 Å². The monoisotopic (exact) mass is 405 g/mol. The van der Waals surface area contributed by atoms with Crippen molar-refractivity contribution in [3.05, 3.63) is 59.9 Å². The lowest BCUT2D eigenvalue weighted by molar-refractivity contribution is -0.133. The van der Waals surface area contributed by atoms with Crippen LogP contribution in [0.25, 0.3) is 11.0 Å². The second kappa shape index (κ2) is 7.87. The Morgan fingerprint density at radius 2 is 2.00 bits per heavy atom. The van der Waals surface area contributed by atoms with Crippen molar-refractivity contribution >= 4 is 28.7 Å². The van der Waals surface area contributed by atoms with Crippen LogP contribution < -0.4 is 0 Å². The van der Waals surface area contributed by atoms with E-state index in [2.05, 4.69) is 4.98 Å². The van der Waals surface area contributed by atoms with Gasteiger partial charge in [-0.2, -0.15) is 8.78 Å². The maximum Gasteiger partial charge on any atom is 0.291 e. The minimum atomic E-state index is -2.63. The summed E-state index contributed by atoms with van der Waals surface area (Å²) in [6.45, 7) is 0.215. The zero-order valence-electron chi connectivity index (χ0n) is 14.9. The summed E-state index contributed by atoms with van der Waals surface area (Å²) in [7, 11) is 0. The predicted molar refractivity (Wildman–Crippen MR) is 102 cm³/mol. The largest absolute Gasteiger partial charge is 0.334 e. The Labute approximate surface area is 164 Å². The third kappa shape index (κ3) is 4.16. The molecule has 2 aromatic carbocycles. The van der Waals surface area contributed by atoms with E-state index in [0.717, 1.165) is 12.8 Å². The third-order valence-corrected chi connectivity index (χ3v) is 5.36. The van der Waals surface area contributed by atoms with Gasteiger partial charge in [-0.05, 0) is 54.4 Å². The molecule has 1 aliphatic rings. The number of amides is 1. The summed E-state index contributed by atoms with van der Waals surface area (Å²) >= 11 is 0.333. The summed E-state index contributed by atoms with van der Waals surface area (Å²) in [6.07, 6.45) is 1.79. The van der Waals surface area contributed by atoms with Crippen LogP contribution in [0, 0.1) is 5.82 Å². The van der Waals surface area contributed by atoms with Gasteiger partial charge in [-0.1, -0.05) is 24.3 Å². The van der Waals surface area contributed by atoms with Crippen LogP contribution in [0.1, 0.15) is 18.4 Å². The molecule has 4 rings (SSSR count). The van der Waals surface area contributed by atoms with Crippen LogP contribution >= 0.6 is 11.8 Å². The van der Waals surface area contributed by atoms with E-state index in [1.54, 1.807) is 41.3 Å². The molecule has 1 heterocycles. The fourth-order valence-electron chi connectivity index (χ4n) is 3.24. The molecule has 146 valence electrons. The first-order chi connectivity index (χ1) is 13.5. The number of imidazole rings is 1. The van der Waals surface area contributed by atoms with E-state index in [0.29, 0.717) is 34.9 Å². The summed E-state index contributed by atoms with van der Waals surface area (Å²) in [5.41, 5.74) is 1.92. The van der Waals surface area contributed by atoms with Gasteiger partial charge in [-0.15, -0.1) is 0 Å². The van der Waals surface area contributed by atoms with Gasteiger partial charge in [-0.3, -0.25) is 4.79 Å². The first-order valence-electron chi connectivity index (χ1n) is 8.95. The second-order valence-corrected chi connectivity index (χ2v) is 7.69. The van der Waals surface area contributed by atoms with E-state index >= 15 is 0 Å². The van der Waals surface area contributed by atoms with Crippen molar-refractivity contribution in [1.82, 2.24) is 14.5 Å². The third-order valence-electron chi connectivity index (χ3n) is 4.66. The highest BCUT2D eigenvalue weighted by molar-refractivity contribution is 7.99. The number of alkyl halides is 2. The zero-order chi connectivity index (χ0) is 19.7. The van der Waals surface area contributed by atoms with Crippen LogP contribution in [-0.2, 0) is 17.9 Å². The Bertz CT molecular complexity index is 1000. The number of rotatable bonds is 7. The van der Waals surface area contributed by atoms with Crippen LogP contribution in [0.5, 0.6) is 0 Å². The highest BCUT2D eigenvalue weighted by Gasteiger charge is 2.33. The molecule has 1 aromatic heterocycles. The molecule has 0 bridgehead atoms. The van der Waals surface area contributed by atoms with E-state index in [1.807, 2.05) is 0 Å². The average Bonchev–Trinajstić information content (AvgIpc) is 3.44. The van der Waals surface area contributed by atoms with E-state index in [-0.39, 0.29) is 29.5 Å². The minimum absolute atomic E-state index is 0.0820. The normalized spacial score (nSPS) is 14.0. The second-order valence-electron chi connectivity index (χ2n) is 6.73. The molecule has 28 heavy (non-hydrogen) atoms. The molecule has 0 radical (unpaired) electrons. The molecule has 0 N–H and O–H groups in total. The van der Waals surface area contributed by atoms with Gasteiger partial charge >= 0.3 is 0 Å². The predicted octanol–water partition coefficient (Wildman–Crippen LogP) is 4.68. The van der Waals surface area contributed by atoms with Crippen molar-refractivity contribution in [2.45, 2.75) is 42.9 Å². The maximum atomic E-state index is 13.5. The first kappa shape index (κ1) is 18.9. The van der Waals surface area contributed by atoms with Crippen molar-refractivity contribution in [3.63, 3.8) is 0 Å². The Morgan fingerprint density at radius 3 is 2.71 bits per heavy atom.